The summed E-state index contributed by atoms with van der Waals surface area (Å²) in [5.41, 5.74) is 2.79. The van der Waals surface area contributed by atoms with Crippen molar-refractivity contribution >= 4 is 17.3 Å². The summed E-state index contributed by atoms with van der Waals surface area (Å²) in [5.74, 6) is 1.57. The molecule has 0 saturated heterocycles. The number of aromatic nitrogens is 2. The number of nitrogens with one attached hydrogen (secondary N) is 1. The van der Waals surface area contributed by atoms with Gasteiger partial charge >= 0.3 is 0 Å². The van der Waals surface area contributed by atoms with Crippen LogP contribution in [0.2, 0.25) is 0 Å². The predicted octanol–water partition coefficient (Wildman–Crippen LogP) is 3.45. The Morgan fingerprint density at radius 1 is 1.25 bits per heavy atom. The quantitative estimate of drug-likeness (QED) is 0.900. The lowest BCUT2D eigenvalue weighted by Gasteiger charge is -2.18. The van der Waals surface area contributed by atoms with Crippen molar-refractivity contribution in [1.82, 2.24) is 9.97 Å². The van der Waals surface area contributed by atoms with Crippen molar-refractivity contribution in [2.75, 3.05) is 17.3 Å². The number of nitrogens with zero attached hydrogens (tertiary/aromatic N) is 3. The van der Waals surface area contributed by atoms with Gasteiger partial charge in [0, 0.05) is 18.3 Å². The van der Waals surface area contributed by atoms with Crippen LogP contribution in [0, 0.1) is 6.92 Å². The minimum Gasteiger partial charge on any atom is -0.340 e. The average molecular weight is 266 g/mol. The molecule has 2 rings (SSSR count). The normalized spacial score (nSPS) is 9.90. The summed E-state index contributed by atoms with van der Waals surface area (Å²) < 4.78 is 0. The second-order valence-electron chi connectivity index (χ2n) is 4.43. The Bertz CT molecular complexity index is 620. The molecule has 0 aliphatic rings. The van der Waals surface area contributed by atoms with E-state index in [-0.39, 0.29) is 0 Å². The molecule has 0 saturated carbocycles. The van der Waals surface area contributed by atoms with E-state index in [1.165, 1.54) is 6.33 Å². The first-order valence-electron chi connectivity index (χ1n) is 6.32. The number of benzene rings is 1. The topological polar surface area (TPSA) is 41.1 Å². The lowest BCUT2D eigenvalue weighted by molar-refractivity contribution is 1.05. The molecule has 4 nitrogen and oxygen atoms in total. The lowest BCUT2D eigenvalue weighted by Crippen LogP contribution is -2.13. The van der Waals surface area contributed by atoms with Crippen molar-refractivity contribution in [2.45, 2.75) is 6.92 Å². The van der Waals surface area contributed by atoms with Crippen LogP contribution in [-0.4, -0.2) is 17.0 Å². The number of anilines is 2. The molecule has 1 N–H and O–H groups in total. The van der Waals surface area contributed by atoms with Gasteiger partial charge in [-0.2, -0.15) is 0 Å². The molecule has 0 radical (unpaired) electrons. The predicted molar refractivity (Wildman–Crippen MR) is 84.5 cm³/mol. The molecular weight excluding hydrogens is 248 g/mol. The van der Waals surface area contributed by atoms with Gasteiger partial charge in [0.05, 0.1) is 0 Å². The first kappa shape index (κ1) is 13.8. The highest BCUT2D eigenvalue weighted by atomic mass is 15.2. The maximum atomic E-state index is 4.28. The third-order valence-electron chi connectivity index (χ3n) is 3.06. The summed E-state index contributed by atoms with van der Waals surface area (Å²) in [6.45, 7) is 9.76. The van der Waals surface area contributed by atoms with Gasteiger partial charge in [0.15, 0.2) is 0 Å². The Morgan fingerprint density at radius 3 is 2.60 bits per heavy atom. The fourth-order valence-corrected chi connectivity index (χ4v) is 1.86. The molecule has 0 atom stereocenters. The van der Waals surface area contributed by atoms with Gasteiger partial charge in [-0.3, -0.25) is 0 Å². The Hall–Kier alpha value is -2.62. The summed E-state index contributed by atoms with van der Waals surface area (Å²) in [7, 11) is 1.90. The van der Waals surface area contributed by atoms with E-state index in [0.717, 1.165) is 28.5 Å². The van der Waals surface area contributed by atoms with Crippen LogP contribution in [0.15, 0.2) is 56.0 Å². The highest BCUT2D eigenvalue weighted by molar-refractivity contribution is 5.76. The molecular formula is C16H18N4. The molecule has 0 aliphatic carbocycles. The van der Waals surface area contributed by atoms with Crippen molar-refractivity contribution in [2.24, 2.45) is 0 Å². The van der Waals surface area contributed by atoms with Crippen molar-refractivity contribution in [3.63, 3.8) is 0 Å². The van der Waals surface area contributed by atoms with Crippen LogP contribution in [0.25, 0.3) is 5.70 Å². The Kier molecular flexibility index (Phi) is 4.15. The molecule has 1 aromatic heterocycles. The minimum atomic E-state index is 0.748. The number of hydrogen-bond donors (Lipinski definition) is 1. The van der Waals surface area contributed by atoms with Crippen LogP contribution in [0.5, 0.6) is 0 Å². The third kappa shape index (κ3) is 2.85. The van der Waals surface area contributed by atoms with Gasteiger partial charge in [-0.25, -0.2) is 9.97 Å². The van der Waals surface area contributed by atoms with E-state index in [0.29, 0.717) is 0 Å². The molecule has 4 heteroatoms. The van der Waals surface area contributed by atoms with E-state index >= 15 is 0 Å². The molecule has 0 bridgehead atoms. The Morgan fingerprint density at radius 2 is 1.95 bits per heavy atom. The van der Waals surface area contributed by atoms with Gasteiger partial charge in [-0.05, 0) is 18.7 Å². The molecule has 0 spiro atoms. The van der Waals surface area contributed by atoms with Crippen molar-refractivity contribution in [3.05, 3.63) is 67.1 Å². The molecule has 1 aromatic carbocycles. The number of rotatable bonds is 5. The van der Waals surface area contributed by atoms with E-state index in [9.17, 15) is 0 Å². The molecule has 0 fully saturated rings. The molecule has 1 heterocycles. The van der Waals surface area contributed by atoms with Crippen LogP contribution in [-0.2, 0) is 0 Å². The SMILES string of the molecule is C=CN(C)c1ncnc(NC(=C)c2ccccc2)c1C. The summed E-state index contributed by atoms with van der Waals surface area (Å²) >= 11 is 0. The van der Waals surface area contributed by atoms with Gasteiger partial charge in [0.25, 0.3) is 0 Å². The van der Waals surface area contributed by atoms with E-state index in [4.69, 9.17) is 0 Å². The maximum Gasteiger partial charge on any atom is 0.140 e. The summed E-state index contributed by atoms with van der Waals surface area (Å²) in [5, 5.41) is 3.24. The summed E-state index contributed by atoms with van der Waals surface area (Å²) in [4.78, 5) is 10.4. The molecule has 0 unspecified atom stereocenters. The first-order valence-corrected chi connectivity index (χ1v) is 6.32. The second kappa shape index (κ2) is 6.02. The zero-order chi connectivity index (χ0) is 14.5. The van der Waals surface area contributed by atoms with Crippen molar-refractivity contribution < 1.29 is 0 Å². The van der Waals surface area contributed by atoms with E-state index in [2.05, 4.69) is 28.4 Å². The Labute approximate surface area is 119 Å². The van der Waals surface area contributed by atoms with Gasteiger partial charge < -0.3 is 10.2 Å². The van der Waals surface area contributed by atoms with Gasteiger partial charge in [-0.1, -0.05) is 43.5 Å². The van der Waals surface area contributed by atoms with Gasteiger partial charge in [-0.15, -0.1) is 0 Å². The van der Waals surface area contributed by atoms with E-state index in [1.54, 1.807) is 6.20 Å². The van der Waals surface area contributed by atoms with Gasteiger partial charge in [0.1, 0.15) is 18.0 Å². The highest BCUT2D eigenvalue weighted by Crippen LogP contribution is 2.24. The van der Waals surface area contributed by atoms with Crippen molar-refractivity contribution in [3.8, 4) is 0 Å². The Balaban J connectivity index is 2.26. The van der Waals surface area contributed by atoms with Crippen LogP contribution < -0.4 is 10.2 Å². The zero-order valence-corrected chi connectivity index (χ0v) is 11.8. The monoisotopic (exact) mass is 266 g/mol. The first-order chi connectivity index (χ1) is 9.63. The fourth-order valence-electron chi connectivity index (χ4n) is 1.86. The van der Waals surface area contributed by atoms with Gasteiger partial charge in [0.2, 0.25) is 0 Å². The zero-order valence-electron chi connectivity index (χ0n) is 11.8. The molecule has 0 amide bonds. The second-order valence-corrected chi connectivity index (χ2v) is 4.43. The third-order valence-corrected chi connectivity index (χ3v) is 3.06. The van der Waals surface area contributed by atoms with Crippen LogP contribution in [0.1, 0.15) is 11.1 Å². The largest absolute Gasteiger partial charge is 0.340 e. The molecule has 20 heavy (non-hydrogen) atoms. The van der Waals surface area contributed by atoms with Crippen LogP contribution in [0.3, 0.4) is 0 Å². The maximum absolute atomic E-state index is 4.28. The van der Waals surface area contributed by atoms with Crippen LogP contribution in [0.4, 0.5) is 11.6 Å². The molecule has 0 aliphatic heterocycles. The standard InChI is InChI=1S/C16H18N4/c1-5-20(4)16-12(2)15(17-11-18-16)19-13(3)14-9-7-6-8-10-14/h5-11H,1,3H2,2,4H3,(H,17,18,19). The van der Waals surface area contributed by atoms with Crippen LogP contribution >= 0.6 is 0 Å². The lowest BCUT2D eigenvalue weighted by atomic mass is 10.1. The summed E-state index contributed by atoms with van der Waals surface area (Å²) in [6.07, 6.45) is 3.24. The molecule has 102 valence electrons. The number of hydrogen-bond acceptors (Lipinski definition) is 4. The van der Waals surface area contributed by atoms with E-state index < -0.39 is 0 Å². The summed E-state index contributed by atoms with van der Waals surface area (Å²) in [6, 6.07) is 9.94. The molecule has 2 aromatic rings. The van der Waals surface area contributed by atoms with E-state index in [1.807, 2.05) is 49.2 Å². The fraction of sp³-hybridized carbons (Fsp3) is 0.125. The van der Waals surface area contributed by atoms with Crippen molar-refractivity contribution in [1.29, 1.82) is 0 Å². The average Bonchev–Trinajstić information content (AvgIpc) is 2.49. The highest BCUT2D eigenvalue weighted by Gasteiger charge is 2.10. The smallest absolute Gasteiger partial charge is 0.140 e. The minimum absolute atomic E-state index is 0.748.